The SMILES string of the molecule is CCCO[Si](C)(OCCC)O[Si](C)(OCCC)OCCC. The fourth-order valence-corrected chi connectivity index (χ4v) is 7.79. The summed E-state index contributed by atoms with van der Waals surface area (Å²) in [6.07, 6.45) is 3.74. The van der Waals surface area contributed by atoms with Crippen LogP contribution >= 0.6 is 0 Å². The fourth-order valence-electron chi connectivity index (χ4n) is 1.69. The minimum atomic E-state index is -2.72. The van der Waals surface area contributed by atoms with E-state index in [4.69, 9.17) is 21.8 Å². The second-order valence-corrected chi connectivity index (χ2v) is 10.6. The van der Waals surface area contributed by atoms with Crippen LogP contribution in [0.5, 0.6) is 0 Å². The van der Waals surface area contributed by atoms with Crippen molar-refractivity contribution < 1.29 is 21.8 Å². The van der Waals surface area contributed by atoms with Gasteiger partial charge in [-0.1, -0.05) is 27.7 Å². The number of hydrogen-bond donors (Lipinski definition) is 0. The molecule has 0 aromatic heterocycles. The van der Waals surface area contributed by atoms with Crippen molar-refractivity contribution in [3.05, 3.63) is 0 Å². The van der Waals surface area contributed by atoms with Crippen molar-refractivity contribution in [2.75, 3.05) is 26.4 Å². The zero-order valence-electron chi connectivity index (χ0n) is 14.7. The van der Waals surface area contributed by atoms with E-state index in [1.165, 1.54) is 0 Å². The lowest BCUT2D eigenvalue weighted by Crippen LogP contribution is -2.56. The third-order valence-corrected chi connectivity index (χ3v) is 8.52. The molecule has 0 aliphatic rings. The van der Waals surface area contributed by atoms with Gasteiger partial charge in [-0.25, -0.2) is 0 Å². The molecule has 0 rings (SSSR count). The van der Waals surface area contributed by atoms with Gasteiger partial charge in [0.15, 0.2) is 0 Å². The summed E-state index contributed by atoms with van der Waals surface area (Å²) in [4.78, 5) is 0. The Balaban J connectivity index is 4.80. The molecule has 0 radical (unpaired) electrons. The van der Waals surface area contributed by atoms with Crippen molar-refractivity contribution in [1.29, 1.82) is 0 Å². The van der Waals surface area contributed by atoms with Gasteiger partial charge < -0.3 is 21.8 Å². The van der Waals surface area contributed by atoms with Crippen molar-refractivity contribution in [2.24, 2.45) is 0 Å². The van der Waals surface area contributed by atoms with Crippen LogP contribution in [0.4, 0.5) is 0 Å². The van der Waals surface area contributed by atoms with E-state index in [0.717, 1.165) is 25.7 Å². The normalized spacial score (nSPS) is 12.9. The summed E-state index contributed by atoms with van der Waals surface area (Å²) in [6.45, 7) is 14.7. The zero-order chi connectivity index (χ0) is 16.2. The Morgan fingerprint density at radius 2 is 0.762 bits per heavy atom. The van der Waals surface area contributed by atoms with Crippen molar-refractivity contribution in [3.63, 3.8) is 0 Å². The van der Waals surface area contributed by atoms with Gasteiger partial charge in [0.25, 0.3) is 0 Å². The Labute approximate surface area is 133 Å². The van der Waals surface area contributed by atoms with Crippen molar-refractivity contribution in [3.8, 4) is 0 Å². The van der Waals surface area contributed by atoms with Crippen molar-refractivity contribution >= 4 is 17.6 Å². The largest absolute Gasteiger partial charge is 0.490 e. The van der Waals surface area contributed by atoms with Crippen LogP contribution < -0.4 is 0 Å². The quantitative estimate of drug-likeness (QED) is 0.450. The summed E-state index contributed by atoms with van der Waals surface area (Å²) in [5.74, 6) is 0. The minimum absolute atomic E-state index is 0.637. The summed E-state index contributed by atoms with van der Waals surface area (Å²) in [5, 5.41) is 0. The van der Waals surface area contributed by atoms with Crippen LogP contribution in [0.1, 0.15) is 53.4 Å². The standard InChI is InChI=1S/C14H34O5Si2/c1-7-11-15-20(5,16-12-8-2)19-21(6,17-13-9-3)18-14-10-4/h7-14H2,1-6H3. The molecule has 0 amide bonds. The third kappa shape index (κ3) is 9.77. The molecule has 0 saturated heterocycles. The van der Waals surface area contributed by atoms with E-state index in [2.05, 4.69) is 27.7 Å². The molecule has 0 bridgehead atoms. The predicted octanol–water partition coefficient (Wildman–Crippen LogP) is 3.85. The predicted molar refractivity (Wildman–Crippen MR) is 89.3 cm³/mol. The van der Waals surface area contributed by atoms with Crippen LogP contribution in [0.2, 0.25) is 13.1 Å². The summed E-state index contributed by atoms with van der Waals surface area (Å²) >= 11 is 0. The fraction of sp³-hybridized carbons (Fsp3) is 1.00. The van der Waals surface area contributed by atoms with Gasteiger partial charge in [-0.05, 0) is 25.7 Å². The smallest absolute Gasteiger partial charge is 0.374 e. The Morgan fingerprint density at radius 1 is 0.524 bits per heavy atom. The van der Waals surface area contributed by atoms with Gasteiger partial charge in [-0.2, -0.15) is 0 Å². The average Bonchev–Trinajstić information content (AvgIpc) is 2.47. The van der Waals surface area contributed by atoms with Gasteiger partial charge in [0.2, 0.25) is 0 Å². The molecule has 0 aliphatic heterocycles. The molecule has 0 N–H and O–H groups in total. The molecule has 0 aromatic rings. The maximum absolute atomic E-state index is 6.22. The molecule has 21 heavy (non-hydrogen) atoms. The average molecular weight is 339 g/mol. The highest BCUT2D eigenvalue weighted by molar-refractivity contribution is 6.73. The lowest BCUT2D eigenvalue weighted by atomic mass is 10.5. The Morgan fingerprint density at radius 3 is 0.952 bits per heavy atom. The van der Waals surface area contributed by atoms with E-state index in [-0.39, 0.29) is 0 Å². The van der Waals surface area contributed by atoms with Crippen LogP contribution in [0.3, 0.4) is 0 Å². The molecule has 0 unspecified atom stereocenters. The first-order valence-corrected chi connectivity index (χ1v) is 12.7. The molecule has 5 nitrogen and oxygen atoms in total. The molecular formula is C14H34O5Si2. The van der Waals surface area contributed by atoms with E-state index >= 15 is 0 Å². The van der Waals surface area contributed by atoms with Crippen molar-refractivity contribution in [1.82, 2.24) is 0 Å². The van der Waals surface area contributed by atoms with E-state index in [0.29, 0.717) is 26.4 Å². The van der Waals surface area contributed by atoms with E-state index < -0.39 is 17.6 Å². The molecule has 0 saturated carbocycles. The maximum Gasteiger partial charge on any atom is 0.490 e. The Kier molecular flexibility index (Phi) is 11.9. The highest BCUT2D eigenvalue weighted by Gasteiger charge is 2.47. The van der Waals surface area contributed by atoms with E-state index in [9.17, 15) is 0 Å². The number of hydrogen-bond acceptors (Lipinski definition) is 5. The first-order chi connectivity index (χ1) is 9.95. The second-order valence-electron chi connectivity index (χ2n) is 5.22. The molecule has 128 valence electrons. The monoisotopic (exact) mass is 338 g/mol. The lowest BCUT2D eigenvalue weighted by molar-refractivity contribution is 0.0487. The van der Waals surface area contributed by atoms with Gasteiger partial charge >= 0.3 is 17.6 Å². The van der Waals surface area contributed by atoms with Crippen molar-refractivity contribution in [2.45, 2.75) is 66.5 Å². The minimum Gasteiger partial charge on any atom is -0.374 e. The lowest BCUT2D eigenvalue weighted by Gasteiger charge is -2.34. The molecule has 0 atom stereocenters. The molecule has 0 aromatic carbocycles. The van der Waals surface area contributed by atoms with Gasteiger partial charge in [-0.3, -0.25) is 0 Å². The molecule has 0 aliphatic carbocycles. The van der Waals surface area contributed by atoms with Crippen LogP contribution in [0, 0.1) is 0 Å². The van der Waals surface area contributed by atoms with Crippen LogP contribution in [0.25, 0.3) is 0 Å². The van der Waals surface area contributed by atoms with Crippen LogP contribution in [-0.2, 0) is 21.8 Å². The van der Waals surface area contributed by atoms with Crippen LogP contribution in [0.15, 0.2) is 0 Å². The maximum atomic E-state index is 6.22. The third-order valence-electron chi connectivity index (χ3n) is 2.64. The van der Waals surface area contributed by atoms with Crippen LogP contribution in [-0.4, -0.2) is 44.0 Å². The Bertz CT molecular complexity index is 214. The highest BCUT2D eigenvalue weighted by atomic mass is 28.5. The van der Waals surface area contributed by atoms with Gasteiger partial charge in [-0.15, -0.1) is 0 Å². The molecule has 0 fully saturated rings. The highest BCUT2D eigenvalue weighted by Crippen LogP contribution is 2.20. The first-order valence-electron chi connectivity index (χ1n) is 8.21. The number of rotatable bonds is 14. The molecule has 0 spiro atoms. The second kappa shape index (κ2) is 11.8. The first kappa shape index (κ1) is 21.2. The van der Waals surface area contributed by atoms with Gasteiger partial charge in [0, 0.05) is 39.5 Å². The zero-order valence-corrected chi connectivity index (χ0v) is 16.7. The molecular weight excluding hydrogens is 304 g/mol. The topological polar surface area (TPSA) is 46.2 Å². The summed E-state index contributed by atoms with van der Waals surface area (Å²) in [5.41, 5.74) is 0. The van der Waals surface area contributed by atoms with E-state index in [1.807, 2.05) is 13.1 Å². The van der Waals surface area contributed by atoms with E-state index in [1.54, 1.807) is 0 Å². The van der Waals surface area contributed by atoms with Gasteiger partial charge in [0.05, 0.1) is 0 Å². The van der Waals surface area contributed by atoms with Gasteiger partial charge in [0.1, 0.15) is 0 Å². The summed E-state index contributed by atoms with van der Waals surface area (Å²) < 4.78 is 29.8. The Hall–Kier alpha value is 0.234. The molecule has 0 heterocycles. The molecule has 7 heteroatoms. The summed E-state index contributed by atoms with van der Waals surface area (Å²) in [6, 6.07) is 0. The summed E-state index contributed by atoms with van der Waals surface area (Å²) in [7, 11) is -5.43.